The van der Waals surface area contributed by atoms with E-state index in [1.807, 2.05) is 0 Å². The summed E-state index contributed by atoms with van der Waals surface area (Å²) in [6.07, 6.45) is 2.52. The predicted molar refractivity (Wildman–Crippen MR) is 57.6 cm³/mol. The first-order valence-electron chi connectivity index (χ1n) is 5.47. The Morgan fingerprint density at radius 3 is 2.67 bits per heavy atom. The predicted octanol–water partition coefficient (Wildman–Crippen LogP) is -0.110. The monoisotopic (exact) mass is 226 g/mol. The third-order valence-corrected chi connectivity index (χ3v) is 4.04. The molecule has 0 saturated carbocycles. The zero-order valence-electron chi connectivity index (χ0n) is 8.43. The van der Waals surface area contributed by atoms with Crippen molar-refractivity contribution in [3.63, 3.8) is 0 Å². The van der Waals surface area contributed by atoms with E-state index in [2.05, 4.69) is 12.6 Å². The maximum atomic E-state index is 12.1. The van der Waals surface area contributed by atoms with E-state index in [0.29, 0.717) is 6.54 Å². The number of carbonyl (C=O) groups is 2. The van der Waals surface area contributed by atoms with Crippen molar-refractivity contribution in [1.29, 1.82) is 0 Å². The van der Waals surface area contributed by atoms with Gasteiger partial charge in [-0.2, -0.15) is 12.6 Å². The van der Waals surface area contributed by atoms with Crippen molar-refractivity contribution in [2.75, 3.05) is 13.1 Å². The minimum Gasteiger partial charge on any atom is -0.329 e. The smallest absolute Gasteiger partial charge is 0.246 e. The van der Waals surface area contributed by atoms with Crippen molar-refractivity contribution in [2.45, 2.75) is 36.6 Å². The highest BCUT2D eigenvalue weighted by Crippen LogP contribution is 2.33. The van der Waals surface area contributed by atoms with Crippen LogP contribution in [0.2, 0.25) is 0 Å². The van der Waals surface area contributed by atoms with Crippen LogP contribution in [0, 0.1) is 0 Å². The molecule has 0 aromatic carbocycles. The number of carbonyl (C=O) groups excluding carboxylic acids is 2. The second kappa shape index (κ2) is 3.14. The van der Waals surface area contributed by atoms with E-state index in [0.717, 1.165) is 25.8 Å². The number of rotatable bonds is 0. The Balaban J connectivity index is 1.93. The van der Waals surface area contributed by atoms with Gasteiger partial charge < -0.3 is 9.80 Å². The molecule has 82 valence electrons. The third-order valence-electron chi connectivity index (χ3n) is 3.67. The number of thiol groups is 1. The van der Waals surface area contributed by atoms with Crippen LogP contribution in [0.1, 0.15) is 19.3 Å². The molecular weight excluding hydrogens is 212 g/mol. The van der Waals surface area contributed by atoms with E-state index >= 15 is 0 Å². The molecule has 3 atom stereocenters. The van der Waals surface area contributed by atoms with Crippen LogP contribution in [0.4, 0.5) is 0 Å². The van der Waals surface area contributed by atoms with Gasteiger partial charge in [0.15, 0.2) is 0 Å². The van der Waals surface area contributed by atoms with Crippen molar-refractivity contribution in [3.8, 4) is 0 Å². The highest BCUT2D eigenvalue weighted by Gasteiger charge is 2.50. The van der Waals surface area contributed by atoms with Crippen LogP contribution in [-0.4, -0.2) is 52.0 Å². The Hall–Kier alpha value is -0.710. The van der Waals surface area contributed by atoms with E-state index in [1.54, 1.807) is 9.80 Å². The third kappa shape index (κ3) is 1.22. The molecule has 2 amide bonds. The quantitative estimate of drug-likeness (QED) is 0.586. The summed E-state index contributed by atoms with van der Waals surface area (Å²) < 4.78 is 0. The van der Waals surface area contributed by atoms with Crippen LogP contribution in [0.3, 0.4) is 0 Å². The molecule has 0 N–H and O–H groups in total. The number of fused-ring (bicyclic) bond motifs is 2. The highest BCUT2D eigenvalue weighted by atomic mass is 32.1. The SMILES string of the molecule is O=C1C2CC(S)CN2C(=O)C2CCCN12. The van der Waals surface area contributed by atoms with Gasteiger partial charge in [0.05, 0.1) is 0 Å². The van der Waals surface area contributed by atoms with Crippen LogP contribution < -0.4 is 0 Å². The van der Waals surface area contributed by atoms with Crippen molar-refractivity contribution in [1.82, 2.24) is 9.80 Å². The molecule has 3 aliphatic rings. The molecule has 0 bridgehead atoms. The molecule has 3 aliphatic heterocycles. The molecule has 3 heterocycles. The van der Waals surface area contributed by atoms with Gasteiger partial charge in [0.25, 0.3) is 0 Å². The number of nitrogens with zero attached hydrogens (tertiary/aromatic N) is 2. The zero-order chi connectivity index (χ0) is 10.6. The first-order chi connectivity index (χ1) is 7.18. The first kappa shape index (κ1) is 9.51. The largest absolute Gasteiger partial charge is 0.329 e. The molecule has 3 unspecified atom stereocenters. The fraction of sp³-hybridized carbons (Fsp3) is 0.800. The Bertz CT molecular complexity index is 303. The van der Waals surface area contributed by atoms with E-state index < -0.39 is 0 Å². The molecule has 3 fully saturated rings. The van der Waals surface area contributed by atoms with Crippen LogP contribution >= 0.6 is 12.6 Å². The van der Waals surface area contributed by atoms with E-state index in [1.165, 1.54) is 0 Å². The van der Waals surface area contributed by atoms with Gasteiger partial charge in [-0.05, 0) is 19.3 Å². The molecule has 5 heteroatoms. The number of hydrogen-bond acceptors (Lipinski definition) is 3. The van der Waals surface area contributed by atoms with Crippen LogP contribution in [0.15, 0.2) is 0 Å². The average molecular weight is 226 g/mol. The summed E-state index contributed by atoms with van der Waals surface area (Å²) in [5.74, 6) is 0.294. The standard InChI is InChI=1S/C10H14N2O2S/c13-9-7-2-1-3-11(7)10(14)8-4-6(15)5-12(8)9/h6-8,15H,1-5H2. The molecule has 3 saturated heterocycles. The van der Waals surface area contributed by atoms with Crippen molar-refractivity contribution >= 4 is 24.4 Å². The van der Waals surface area contributed by atoms with Crippen molar-refractivity contribution in [2.24, 2.45) is 0 Å². The number of piperazine rings is 1. The maximum Gasteiger partial charge on any atom is 0.246 e. The second-order valence-electron chi connectivity index (χ2n) is 4.59. The summed E-state index contributed by atoms with van der Waals surface area (Å²) in [5.41, 5.74) is 0. The van der Waals surface area contributed by atoms with Gasteiger partial charge in [-0.1, -0.05) is 0 Å². The zero-order valence-corrected chi connectivity index (χ0v) is 9.32. The lowest BCUT2D eigenvalue weighted by Crippen LogP contribution is -2.60. The van der Waals surface area contributed by atoms with Crippen LogP contribution in [-0.2, 0) is 9.59 Å². The summed E-state index contributed by atoms with van der Waals surface area (Å²) in [5, 5.41) is 0.169. The minimum atomic E-state index is -0.214. The molecule has 3 rings (SSSR count). The Morgan fingerprint density at radius 1 is 1.13 bits per heavy atom. The molecule has 0 aromatic heterocycles. The summed E-state index contributed by atoms with van der Waals surface area (Å²) >= 11 is 4.37. The number of hydrogen-bond donors (Lipinski definition) is 1. The molecule has 0 aromatic rings. The van der Waals surface area contributed by atoms with Gasteiger partial charge in [-0.3, -0.25) is 9.59 Å². The van der Waals surface area contributed by atoms with Crippen molar-refractivity contribution < 1.29 is 9.59 Å². The normalized spacial score (nSPS) is 39.7. The lowest BCUT2D eigenvalue weighted by Gasteiger charge is -2.38. The molecule has 0 spiro atoms. The summed E-state index contributed by atoms with van der Waals surface area (Å²) in [6.45, 7) is 1.40. The molecule has 15 heavy (non-hydrogen) atoms. The average Bonchev–Trinajstić information content (AvgIpc) is 2.79. The topological polar surface area (TPSA) is 40.6 Å². The summed E-state index contributed by atoms with van der Waals surface area (Å²) in [7, 11) is 0. The summed E-state index contributed by atoms with van der Waals surface area (Å²) in [4.78, 5) is 27.7. The first-order valence-corrected chi connectivity index (χ1v) is 5.99. The molecule has 4 nitrogen and oxygen atoms in total. The molecule has 0 aliphatic carbocycles. The van der Waals surface area contributed by atoms with Gasteiger partial charge in [0.1, 0.15) is 12.1 Å². The Morgan fingerprint density at radius 2 is 1.87 bits per heavy atom. The van der Waals surface area contributed by atoms with Gasteiger partial charge >= 0.3 is 0 Å². The van der Waals surface area contributed by atoms with Crippen LogP contribution in [0.5, 0.6) is 0 Å². The van der Waals surface area contributed by atoms with Gasteiger partial charge in [0, 0.05) is 18.3 Å². The van der Waals surface area contributed by atoms with E-state index in [9.17, 15) is 9.59 Å². The highest BCUT2D eigenvalue weighted by molar-refractivity contribution is 7.81. The van der Waals surface area contributed by atoms with Gasteiger partial charge in [0.2, 0.25) is 11.8 Å². The van der Waals surface area contributed by atoms with E-state index in [4.69, 9.17) is 0 Å². The number of amides is 2. The second-order valence-corrected chi connectivity index (χ2v) is 5.32. The minimum absolute atomic E-state index is 0.147. The van der Waals surface area contributed by atoms with Crippen molar-refractivity contribution in [3.05, 3.63) is 0 Å². The van der Waals surface area contributed by atoms with E-state index in [-0.39, 0.29) is 29.1 Å². The van der Waals surface area contributed by atoms with Gasteiger partial charge in [-0.15, -0.1) is 0 Å². The van der Waals surface area contributed by atoms with Crippen LogP contribution in [0.25, 0.3) is 0 Å². The Labute approximate surface area is 94.0 Å². The fourth-order valence-corrected chi connectivity index (χ4v) is 3.34. The lowest BCUT2D eigenvalue weighted by molar-refractivity contribution is -0.156. The summed E-state index contributed by atoms with van der Waals surface area (Å²) in [6, 6.07) is -0.373. The van der Waals surface area contributed by atoms with Gasteiger partial charge in [-0.25, -0.2) is 0 Å². The fourth-order valence-electron chi connectivity index (χ4n) is 2.96. The molecule has 0 radical (unpaired) electrons. The molecular formula is C10H14N2O2S. The maximum absolute atomic E-state index is 12.1. The Kier molecular flexibility index (Phi) is 1.99. The lowest BCUT2D eigenvalue weighted by atomic mass is 10.1.